The van der Waals surface area contributed by atoms with Crippen LogP contribution in [0.5, 0.6) is 5.75 Å². The van der Waals surface area contributed by atoms with E-state index in [0.29, 0.717) is 11.7 Å². The van der Waals surface area contributed by atoms with Gasteiger partial charge in [-0.05, 0) is 43.9 Å². The topological polar surface area (TPSA) is 80.2 Å². The van der Waals surface area contributed by atoms with Crippen LogP contribution in [0.4, 0.5) is 0 Å². The molecule has 0 aromatic heterocycles. The lowest BCUT2D eigenvalue weighted by Gasteiger charge is -2.35. The minimum absolute atomic E-state index is 0.223. The van der Waals surface area contributed by atoms with Crippen LogP contribution in [0.25, 0.3) is 0 Å². The van der Waals surface area contributed by atoms with Crippen molar-refractivity contribution in [3.8, 4) is 5.75 Å². The molecule has 26 heavy (non-hydrogen) atoms. The molecule has 0 aliphatic carbocycles. The van der Waals surface area contributed by atoms with Crippen molar-refractivity contribution in [2.45, 2.75) is 32.2 Å². The third kappa shape index (κ3) is 3.81. The molecule has 1 saturated heterocycles. The summed E-state index contributed by atoms with van der Waals surface area (Å²) in [4.78, 5) is 32.0. The number of nitrogens with zero attached hydrogens (tertiary/aromatic N) is 2. The minimum atomic E-state index is -0.989. The van der Waals surface area contributed by atoms with Gasteiger partial charge in [0.2, 0.25) is 11.9 Å². The number of piperidine rings is 1. The zero-order chi connectivity index (χ0) is 18.5. The first-order valence-electron chi connectivity index (χ1n) is 9.08. The molecule has 2 heterocycles. The number of hydrogen-bond donors (Lipinski definition) is 1. The number of methoxy groups -OCH3 is 1. The summed E-state index contributed by atoms with van der Waals surface area (Å²) in [7, 11) is 1.59. The number of carbonyl (C=O) groups excluding carboxylic acids is 2. The molecule has 1 aromatic rings. The Morgan fingerprint density at radius 1 is 1.23 bits per heavy atom. The first kappa shape index (κ1) is 18.2. The summed E-state index contributed by atoms with van der Waals surface area (Å²) in [6, 6.07) is 6.68. The average Bonchev–Trinajstić information content (AvgIpc) is 2.68. The van der Waals surface area contributed by atoms with Gasteiger partial charge in [-0.2, -0.15) is 0 Å². The van der Waals surface area contributed by atoms with Crippen molar-refractivity contribution in [3.63, 3.8) is 0 Å². The second-order valence-electron chi connectivity index (χ2n) is 6.44. The van der Waals surface area contributed by atoms with E-state index in [1.54, 1.807) is 26.2 Å². The van der Waals surface area contributed by atoms with Gasteiger partial charge >= 0.3 is 5.97 Å². The van der Waals surface area contributed by atoms with Gasteiger partial charge in [0.05, 0.1) is 13.7 Å². The van der Waals surface area contributed by atoms with E-state index in [4.69, 9.17) is 14.5 Å². The van der Waals surface area contributed by atoms with Crippen molar-refractivity contribution in [3.05, 3.63) is 29.8 Å². The Bertz CT molecular complexity index is 681. The highest BCUT2D eigenvalue weighted by atomic mass is 16.5. The fourth-order valence-corrected chi connectivity index (χ4v) is 3.37. The van der Waals surface area contributed by atoms with Crippen molar-refractivity contribution >= 4 is 17.8 Å². The Hall–Kier alpha value is -2.57. The number of nitrogens with one attached hydrogen (secondary N) is 1. The quantitative estimate of drug-likeness (QED) is 0.656. The fraction of sp³-hybridized carbons (Fsp3) is 0.526. The lowest BCUT2D eigenvalue weighted by atomic mass is 9.91. The molecule has 1 aromatic carbocycles. The fourth-order valence-electron chi connectivity index (χ4n) is 3.37. The summed E-state index contributed by atoms with van der Waals surface area (Å²) in [6.07, 6.45) is 3.33. The number of likely N-dealkylation sites (tertiary alicyclic amines) is 1. The molecule has 3 rings (SSSR count). The lowest BCUT2D eigenvalue weighted by Crippen LogP contribution is -2.53. The SMILES string of the molecule is CCOC(=O)C1C(=O)NC(N2CCCCC2)=NC1c1ccc(OC)cc1. The maximum Gasteiger partial charge on any atom is 0.321 e. The van der Waals surface area contributed by atoms with Crippen molar-refractivity contribution in [1.82, 2.24) is 10.2 Å². The Morgan fingerprint density at radius 2 is 1.92 bits per heavy atom. The molecule has 7 heteroatoms. The van der Waals surface area contributed by atoms with Gasteiger partial charge in [-0.15, -0.1) is 0 Å². The van der Waals surface area contributed by atoms with Crippen LogP contribution in [0.2, 0.25) is 0 Å². The highest BCUT2D eigenvalue weighted by Gasteiger charge is 2.42. The average molecular weight is 359 g/mol. The number of rotatable bonds is 4. The van der Waals surface area contributed by atoms with Crippen LogP contribution in [-0.2, 0) is 14.3 Å². The van der Waals surface area contributed by atoms with Gasteiger partial charge in [-0.25, -0.2) is 4.99 Å². The second-order valence-corrected chi connectivity index (χ2v) is 6.44. The van der Waals surface area contributed by atoms with E-state index in [9.17, 15) is 9.59 Å². The van der Waals surface area contributed by atoms with Gasteiger partial charge in [-0.3, -0.25) is 14.9 Å². The monoisotopic (exact) mass is 359 g/mol. The number of ether oxygens (including phenoxy) is 2. The zero-order valence-electron chi connectivity index (χ0n) is 15.2. The number of aliphatic imine (C=N–C) groups is 1. The van der Waals surface area contributed by atoms with Gasteiger partial charge in [0.1, 0.15) is 11.8 Å². The molecule has 140 valence electrons. The van der Waals surface area contributed by atoms with Crippen LogP contribution in [0.1, 0.15) is 37.8 Å². The Balaban J connectivity index is 1.95. The van der Waals surface area contributed by atoms with E-state index in [1.165, 1.54) is 6.42 Å². The van der Waals surface area contributed by atoms with E-state index in [-0.39, 0.29) is 12.5 Å². The minimum Gasteiger partial charge on any atom is -0.497 e. The van der Waals surface area contributed by atoms with E-state index < -0.39 is 17.9 Å². The third-order valence-corrected chi connectivity index (χ3v) is 4.75. The number of guanidine groups is 1. The summed E-state index contributed by atoms with van der Waals surface area (Å²) >= 11 is 0. The number of carbonyl (C=O) groups is 2. The van der Waals surface area contributed by atoms with Crippen LogP contribution in [-0.4, -0.2) is 49.5 Å². The summed E-state index contributed by atoms with van der Waals surface area (Å²) in [6.45, 7) is 3.67. The summed E-state index contributed by atoms with van der Waals surface area (Å²) in [5.74, 6) is -0.637. The molecule has 2 atom stereocenters. The molecule has 0 radical (unpaired) electrons. The van der Waals surface area contributed by atoms with Crippen molar-refractivity contribution < 1.29 is 19.1 Å². The molecule has 1 N–H and O–H groups in total. The molecular formula is C19H25N3O4. The van der Waals surface area contributed by atoms with Crippen LogP contribution in [0.3, 0.4) is 0 Å². The Labute approximate surface area is 153 Å². The number of amides is 1. The number of benzene rings is 1. The molecule has 7 nitrogen and oxygen atoms in total. The Kier molecular flexibility index (Phi) is 5.75. The van der Waals surface area contributed by atoms with Crippen molar-refractivity contribution in [2.24, 2.45) is 10.9 Å². The Morgan fingerprint density at radius 3 is 2.54 bits per heavy atom. The molecule has 0 saturated carbocycles. The lowest BCUT2D eigenvalue weighted by molar-refractivity contribution is -0.153. The second kappa shape index (κ2) is 8.21. The molecule has 2 aliphatic heterocycles. The molecular weight excluding hydrogens is 334 g/mol. The molecule has 1 amide bonds. The summed E-state index contributed by atoms with van der Waals surface area (Å²) < 4.78 is 10.3. The van der Waals surface area contributed by atoms with Crippen LogP contribution in [0, 0.1) is 5.92 Å². The zero-order valence-corrected chi connectivity index (χ0v) is 15.2. The first-order chi connectivity index (χ1) is 12.6. The molecule has 0 bridgehead atoms. The normalized spacial score (nSPS) is 23.1. The van der Waals surface area contributed by atoms with Crippen LogP contribution in [0.15, 0.2) is 29.3 Å². The standard InChI is InChI=1S/C19H25N3O4/c1-3-26-18(24)15-16(13-7-9-14(25-2)10-8-13)20-19(21-17(15)23)22-11-5-4-6-12-22/h7-10,15-16H,3-6,11-12H2,1-2H3,(H,20,21,23). The molecule has 2 unspecified atom stereocenters. The van der Waals surface area contributed by atoms with Crippen molar-refractivity contribution in [2.75, 3.05) is 26.8 Å². The van der Waals surface area contributed by atoms with E-state index in [2.05, 4.69) is 10.2 Å². The maximum absolute atomic E-state index is 12.7. The first-order valence-corrected chi connectivity index (χ1v) is 9.08. The number of esters is 1. The maximum atomic E-state index is 12.7. The van der Waals surface area contributed by atoms with E-state index >= 15 is 0 Å². The largest absolute Gasteiger partial charge is 0.497 e. The van der Waals surface area contributed by atoms with Crippen LogP contribution < -0.4 is 10.1 Å². The van der Waals surface area contributed by atoms with Gasteiger partial charge < -0.3 is 14.4 Å². The van der Waals surface area contributed by atoms with Gasteiger partial charge in [0.25, 0.3) is 0 Å². The molecule has 0 spiro atoms. The van der Waals surface area contributed by atoms with Gasteiger partial charge in [-0.1, -0.05) is 12.1 Å². The molecule has 2 aliphatic rings. The number of hydrogen-bond acceptors (Lipinski definition) is 6. The van der Waals surface area contributed by atoms with Crippen molar-refractivity contribution in [1.29, 1.82) is 0 Å². The smallest absolute Gasteiger partial charge is 0.321 e. The third-order valence-electron chi connectivity index (χ3n) is 4.75. The highest BCUT2D eigenvalue weighted by molar-refractivity contribution is 6.08. The van der Waals surface area contributed by atoms with Gasteiger partial charge in [0.15, 0.2) is 5.92 Å². The summed E-state index contributed by atoms with van der Waals surface area (Å²) in [5.41, 5.74) is 0.785. The molecule has 1 fully saturated rings. The highest BCUT2D eigenvalue weighted by Crippen LogP contribution is 2.32. The predicted molar refractivity (Wildman–Crippen MR) is 96.9 cm³/mol. The van der Waals surface area contributed by atoms with Gasteiger partial charge in [0, 0.05) is 13.1 Å². The predicted octanol–water partition coefficient (Wildman–Crippen LogP) is 1.89. The van der Waals surface area contributed by atoms with E-state index in [1.807, 2.05) is 12.1 Å². The van der Waals surface area contributed by atoms with E-state index in [0.717, 1.165) is 31.5 Å². The van der Waals surface area contributed by atoms with Crippen LogP contribution >= 0.6 is 0 Å². The summed E-state index contributed by atoms with van der Waals surface area (Å²) in [5, 5.41) is 2.81.